The molecule has 0 spiro atoms. The van der Waals surface area contributed by atoms with Crippen molar-refractivity contribution in [2.45, 2.75) is 37.6 Å². The van der Waals surface area contributed by atoms with Gasteiger partial charge in [-0.25, -0.2) is 0 Å². The third kappa shape index (κ3) is 2.76. The summed E-state index contributed by atoms with van der Waals surface area (Å²) in [6, 6.07) is 8.93. The summed E-state index contributed by atoms with van der Waals surface area (Å²) in [5, 5.41) is 9.87. The summed E-state index contributed by atoms with van der Waals surface area (Å²) in [5.41, 5.74) is 1.29. The predicted octanol–water partition coefficient (Wildman–Crippen LogP) is 1.42. The van der Waals surface area contributed by atoms with Gasteiger partial charge < -0.3 is 14.6 Å². The number of hydrogen-bond donors (Lipinski definition) is 1. The van der Waals surface area contributed by atoms with Crippen molar-refractivity contribution in [1.29, 1.82) is 0 Å². The van der Waals surface area contributed by atoms with Crippen LogP contribution in [0.1, 0.15) is 18.4 Å². The number of methoxy groups -OCH3 is 1. The highest BCUT2D eigenvalue weighted by atomic mass is 16.5. The van der Waals surface area contributed by atoms with E-state index < -0.39 is 0 Å². The highest BCUT2D eigenvalue weighted by Crippen LogP contribution is 2.29. The van der Waals surface area contributed by atoms with E-state index in [9.17, 15) is 5.11 Å². The van der Waals surface area contributed by atoms with Crippen LogP contribution in [0.25, 0.3) is 0 Å². The first kappa shape index (κ1) is 12.9. The third-order valence-electron chi connectivity index (χ3n) is 4.17. The summed E-state index contributed by atoms with van der Waals surface area (Å²) in [5.74, 6) is 0.890. The van der Waals surface area contributed by atoms with Gasteiger partial charge in [0.15, 0.2) is 0 Å². The Morgan fingerprint density at radius 1 is 1.21 bits per heavy atom. The Morgan fingerprint density at radius 3 is 2.42 bits per heavy atom. The normalized spacial score (nSPS) is 31.2. The minimum Gasteiger partial charge on any atom is -0.497 e. The zero-order valence-corrected chi connectivity index (χ0v) is 11.3. The van der Waals surface area contributed by atoms with Gasteiger partial charge in [-0.3, -0.25) is 4.90 Å². The summed E-state index contributed by atoms with van der Waals surface area (Å²) in [4.78, 5) is 2.48. The van der Waals surface area contributed by atoms with Gasteiger partial charge in [-0.15, -0.1) is 0 Å². The first-order chi connectivity index (χ1) is 9.26. The molecule has 19 heavy (non-hydrogen) atoms. The van der Waals surface area contributed by atoms with Gasteiger partial charge in [0, 0.05) is 18.6 Å². The second-order valence-corrected chi connectivity index (χ2v) is 5.49. The number of morpholine rings is 1. The molecule has 2 unspecified atom stereocenters. The zero-order chi connectivity index (χ0) is 13.2. The molecule has 4 nitrogen and oxygen atoms in total. The predicted molar refractivity (Wildman–Crippen MR) is 72.2 cm³/mol. The van der Waals surface area contributed by atoms with Crippen molar-refractivity contribution in [3.63, 3.8) is 0 Å². The molecule has 4 heteroatoms. The average Bonchev–Trinajstić information content (AvgIpc) is 2.41. The van der Waals surface area contributed by atoms with Crippen LogP contribution in [-0.2, 0) is 11.3 Å². The van der Waals surface area contributed by atoms with E-state index in [1.807, 2.05) is 12.1 Å². The number of nitrogens with zero attached hydrogens (tertiary/aromatic N) is 1. The zero-order valence-electron chi connectivity index (χ0n) is 11.3. The number of aliphatic hydroxyl groups excluding tert-OH is 1. The Morgan fingerprint density at radius 2 is 1.84 bits per heavy atom. The van der Waals surface area contributed by atoms with E-state index in [1.54, 1.807) is 7.11 Å². The fourth-order valence-electron chi connectivity index (χ4n) is 3.16. The number of rotatable bonds is 3. The molecular formula is C15H21NO3. The van der Waals surface area contributed by atoms with Crippen LogP contribution in [-0.4, -0.2) is 48.5 Å². The van der Waals surface area contributed by atoms with E-state index in [-0.39, 0.29) is 6.10 Å². The molecule has 0 amide bonds. The van der Waals surface area contributed by atoms with Crippen molar-refractivity contribution in [1.82, 2.24) is 4.90 Å². The van der Waals surface area contributed by atoms with Crippen LogP contribution in [0.2, 0.25) is 0 Å². The summed E-state index contributed by atoms with van der Waals surface area (Å²) in [7, 11) is 1.68. The number of benzene rings is 1. The standard InChI is InChI=1S/C15H21NO3/c1-18-15-4-2-11(3-5-15)8-16-12-6-14(17)7-13(16)10-19-9-12/h2-5,12-14,17H,6-10H2,1H3/t12-,13?,14?/m1/s1. The van der Waals surface area contributed by atoms with Crippen LogP contribution in [0, 0.1) is 0 Å². The van der Waals surface area contributed by atoms with E-state index in [4.69, 9.17) is 9.47 Å². The maximum absolute atomic E-state index is 9.87. The molecular weight excluding hydrogens is 242 g/mol. The summed E-state index contributed by atoms with van der Waals surface area (Å²) in [6.07, 6.45) is 1.49. The molecule has 2 fully saturated rings. The molecule has 1 N–H and O–H groups in total. The van der Waals surface area contributed by atoms with Gasteiger partial charge in [0.25, 0.3) is 0 Å². The summed E-state index contributed by atoms with van der Waals surface area (Å²) in [6.45, 7) is 2.41. The number of hydrogen-bond acceptors (Lipinski definition) is 4. The van der Waals surface area contributed by atoms with E-state index in [0.29, 0.717) is 12.1 Å². The monoisotopic (exact) mass is 263 g/mol. The lowest BCUT2D eigenvalue weighted by atomic mass is 9.91. The fourth-order valence-corrected chi connectivity index (χ4v) is 3.16. The lowest BCUT2D eigenvalue weighted by Crippen LogP contribution is -2.57. The molecule has 2 aliphatic rings. The van der Waals surface area contributed by atoms with Gasteiger partial charge in [0.1, 0.15) is 5.75 Å². The number of aliphatic hydroxyl groups is 1. The van der Waals surface area contributed by atoms with E-state index in [2.05, 4.69) is 17.0 Å². The van der Waals surface area contributed by atoms with E-state index >= 15 is 0 Å². The largest absolute Gasteiger partial charge is 0.497 e. The lowest BCUT2D eigenvalue weighted by Gasteiger charge is -2.47. The molecule has 2 heterocycles. The molecule has 104 valence electrons. The maximum atomic E-state index is 9.87. The SMILES string of the molecule is COc1ccc(CN2C3COC[C@H]2CC(O)C3)cc1. The Bertz CT molecular complexity index is 406. The van der Waals surface area contributed by atoms with Gasteiger partial charge in [-0.1, -0.05) is 12.1 Å². The van der Waals surface area contributed by atoms with Crippen molar-refractivity contribution >= 4 is 0 Å². The fraction of sp³-hybridized carbons (Fsp3) is 0.600. The van der Waals surface area contributed by atoms with Crippen LogP contribution in [0.4, 0.5) is 0 Å². The Hall–Kier alpha value is -1.10. The highest BCUT2D eigenvalue weighted by Gasteiger charge is 2.38. The number of fused-ring (bicyclic) bond motifs is 2. The quantitative estimate of drug-likeness (QED) is 0.895. The van der Waals surface area contributed by atoms with Gasteiger partial charge in [0.2, 0.25) is 0 Å². The van der Waals surface area contributed by atoms with Gasteiger partial charge >= 0.3 is 0 Å². The first-order valence-corrected chi connectivity index (χ1v) is 6.90. The summed E-state index contributed by atoms with van der Waals surface area (Å²) < 4.78 is 10.8. The molecule has 0 aromatic heterocycles. The third-order valence-corrected chi connectivity index (χ3v) is 4.17. The molecule has 2 aliphatic heterocycles. The van der Waals surface area contributed by atoms with Gasteiger partial charge in [-0.05, 0) is 30.5 Å². The van der Waals surface area contributed by atoms with Crippen molar-refractivity contribution in [3.8, 4) is 5.75 Å². The molecule has 3 atom stereocenters. The van der Waals surface area contributed by atoms with Crippen molar-refractivity contribution in [2.75, 3.05) is 20.3 Å². The van der Waals surface area contributed by atoms with Gasteiger partial charge in [-0.2, -0.15) is 0 Å². The molecule has 1 aromatic rings. The highest BCUT2D eigenvalue weighted by molar-refractivity contribution is 5.27. The molecule has 2 bridgehead atoms. The van der Waals surface area contributed by atoms with Crippen LogP contribution in [0.15, 0.2) is 24.3 Å². The lowest BCUT2D eigenvalue weighted by molar-refractivity contribution is -0.108. The minimum absolute atomic E-state index is 0.161. The van der Waals surface area contributed by atoms with Crippen molar-refractivity contribution < 1.29 is 14.6 Å². The molecule has 0 saturated carbocycles. The van der Waals surface area contributed by atoms with Crippen LogP contribution in [0.5, 0.6) is 5.75 Å². The maximum Gasteiger partial charge on any atom is 0.118 e. The number of ether oxygens (including phenoxy) is 2. The second-order valence-electron chi connectivity index (χ2n) is 5.49. The molecule has 0 radical (unpaired) electrons. The smallest absolute Gasteiger partial charge is 0.118 e. The van der Waals surface area contributed by atoms with Gasteiger partial charge in [0.05, 0.1) is 26.4 Å². The average molecular weight is 263 g/mol. The Balaban J connectivity index is 1.71. The van der Waals surface area contributed by atoms with Crippen LogP contribution < -0.4 is 4.74 Å². The molecule has 1 aromatic carbocycles. The minimum atomic E-state index is -0.161. The second kappa shape index (κ2) is 5.49. The summed E-state index contributed by atoms with van der Waals surface area (Å²) >= 11 is 0. The van der Waals surface area contributed by atoms with Crippen molar-refractivity contribution in [3.05, 3.63) is 29.8 Å². The topological polar surface area (TPSA) is 41.9 Å². The Kier molecular flexibility index (Phi) is 3.73. The van der Waals surface area contributed by atoms with Crippen molar-refractivity contribution in [2.24, 2.45) is 0 Å². The first-order valence-electron chi connectivity index (χ1n) is 6.90. The molecule has 3 rings (SSSR count). The molecule has 2 saturated heterocycles. The number of piperidine rings is 1. The molecule has 0 aliphatic carbocycles. The van der Waals surface area contributed by atoms with E-state index in [1.165, 1.54) is 5.56 Å². The van der Waals surface area contributed by atoms with Crippen LogP contribution in [0.3, 0.4) is 0 Å². The van der Waals surface area contributed by atoms with E-state index in [0.717, 1.165) is 38.3 Å². The Labute approximate surface area is 113 Å². The van der Waals surface area contributed by atoms with Crippen LogP contribution >= 0.6 is 0 Å².